The minimum atomic E-state index is -0.346. The number of carbonyl (C=O) groups is 2. The summed E-state index contributed by atoms with van der Waals surface area (Å²) in [5.41, 5.74) is 3.64. The lowest BCUT2D eigenvalue weighted by Crippen LogP contribution is -2.15. The molecule has 29 heavy (non-hydrogen) atoms. The minimum absolute atomic E-state index is 0.112. The van der Waals surface area contributed by atoms with Gasteiger partial charge in [-0.1, -0.05) is 47.4 Å². The van der Waals surface area contributed by atoms with E-state index in [1.165, 1.54) is 35.2 Å². The van der Waals surface area contributed by atoms with Crippen molar-refractivity contribution in [1.29, 1.82) is 0 Å². The maximum absolute atomic E-state index is 12.9. The highest BCUT2D eigenvalue weighted by Crippen LogP contribution is 2.26. The van der Waals surface area contributed by atoms with Gasteiger partial charge in [-0.05, 0) is 48.7 Å². The average molecular weight is 431 g/mol. The van der Waals surface area contributed by atoms with Gasteiger partial charge in [0.05, 0.1) is 12.2 Å². The molecule has 150 valence electrons. The third-order valence-corrected chi connectivity index (χ3v) is 6.11. The van der Waals surface area contributed by atoms with Gasteiger partial charge in [0, 0.05) is 5.69 Å². The van der Waals surface area contributed by atoms with Crippen LogP contribution in [0.1, 0.15) is 16.7 Å². The molecule has 0 radical (unpaired) electrons. The molecule has 0 aliphatic heterocycles. The molecule has 2 aromatic carbocycles. The van der Waals surface area contributed by atoms with Gasteiger partial charge in [0.2, 0.25) is 16.9 Å². The highest BCUT2D eigenvalue weighted by molar-refractivity contribution is 8.01. The van der Waals surface area contributed by atoms with Crippen LogP contribution >= 0.6 is 23.1 Å². The molecule has 0 aliphatic rings. The standard InChI is InChI=1S/C20H19FN4O2S2/c1-12-4-3-5-16(13(12)2)22-18(27)11-28-20-25-24-19(29-20)23-17(26)10-14-6-8-15(21)9-7-14/h3-9H,10-11H2,1-2H3,(H,22,27)(H,23,24,26). The predicted octanol–water partition coefficient (Wildman–Crippen LogP) is 4.21. The van der Waals surface area contributed by atoms with Gasteiger partial charge in [0.1, 0.15) is 5.82 Å². The first-order valence-corrected chi connectivity index (χ1v) is 10.6. The molecule has 0 fully saturated rings. The average Bonchev–Trinajstić information content (AvgIpc) is 3.13. The van der Waals surface area contributed by atoms with Crippen LogP contribution in [0.5, 0.6) is 0 Å². The van der Waals surface area contributed by atoms with Crippen molar-refractivity contribution in [3.63, 3.8) is 0 Å². The summed E-state index contributed by atoms with van der Waals surface area (Å²) < 4.78 is 13.5. The van der Waals surface area contributed by atoms with Crippen molar-refractivity contribution in [2.24, 2.45) is 0 Å². The van der Waals surface area contributed by atoms with Crippen molar-refractivity contribution < 1.29 is 14.0 Å². The molecule has 0 aliphatic carbocycles. The Morgan fingerprint density at radius 2 is 1.79 bits per heavy atom. The fraction of sp³-hybridized carbons (Fsp3) is 0.200. The van der Waals surface area contributed by atoms with Crippen molar-refractivity contribution in [3.05, 3.63) is 65.0 Å². The first kappa shape index (κ1) is 20.9. The number of aromatic nitrogens is 2. The maximum atomic E-state index is 12.9. The number of carbonyl (C=O) groups excluding carboxylic acids is 2. The summed E-state index contributed by atoms with van der Waals surface area (Å²) >= 11 is 2.45. The van der Waals surface area contributed by atoms with E-state index >= 15 is 0 Å². The lowest BCUT2D eigenvalue weighted by Gasteiger charge is -2.09. The number of anilines is 2. The summed E-state index contributed by atoms with van der Waals surface area (Å²) in [6.45, 7) is 3.95. The van der Waals surface area contributed by atoms with E-state index in [9.17, 15) is 14.0 Å². The predicted molar refractivity (Wildman–Crippen MR) is 114 cm³/mol. The number of aryl methyl sites for hydroxylation is 1. The van der Waals surface area contributed by atoms with Crippen LogP contribution in [0, 0.1) is 19.7 Å². The number of nitrogens with one attached hydrogen (secondary N) is 2. The summed E-state index contributed by atoms with van der Waals surface area (Å²) in [5.74, 6) is -0.565. The number of thioether (sulfide) groups is 1. The van der Waals surface area contributed by atoms with E-state index in [1.807, 2.05) is 32.0 Å². The van der Waals surface area contributed by atoms with Gasteiger partial charge < -0.3 is 10.6 Å². The molecule has 0 saturated carbocycles. The third-order valence-electron chi connectivity index (χ3n) is 4.14. The Kier molecular flexibility index (Phi) is 6.95. The lowest BCUT2D eigenvalue weighted by molar-refractivity contribution is -0.115. The Balaban J connectivity index is 1.48. The van der Waals surface area contributed by atoms with Crippen LogP contribution < -0.4 is 10.6 Å². The highest BCUT2D eigenvalue weighted by Gasteiger charge is 2.12. The van der Waals surface area contributed by atoms with Crippen LogP contribution in [0.2, 0.25) is 0 Å². The zero-order chi connectivity index (χ0) is 20.8. The van der Waals surface area contributed by atoms with Gasteiger partial charge in [-0.3, -0.25) is 9.59 Å². The Morgan fingerprint density at radius 3 is 2.55 bits per heavy atom. The molecule has 1 heterocycles. The summed E-state index contributed by atoms with van der Waals surface area (Å²) in [4.78, 5) is 24.3. The van der Waals surface area contributed by atoms with E-state index in [-0.39, 0.29) is 29.8 Å². The van der Waals surface area contributed by atoms with Crippen molar-refractivity contribution in [2.75, 3.05) is 16.4 Å². The molecule has 0 unspecified atom stereocenters. The normalized spacial score (nSPS) is 10.6. The molecule has 6 nitrogen and oxygen atoms in total. The summed E-state index contributed by atoms with van der Waals surface area (Å²) in [6, 6.07) is 11.5. The smallest absolute Gasteiger partial charge is 0.234 e. The van der Waals surface area contributed by atoms with Crippen molar-refractivity contribution >= 4 is 45.7 Å². The Morgan fingerprint density at radius 1 is 1.03 bits per heavy atom. The Hall–Kier alpha value is -2.78. The summed E-state index contributed by atoms with van der Waals surface area (Å²) in [7, 11) is 0. The summed E-state index contributed by atoms with van der Waals surface area (Å²) in [6.07, 6.45) is 0.112. The molecule has 9 heteroatoms. The number of amides is 2. The van der Waals surface area contributed by atoms with Crippen LogP contribution in [0.4, 0.5) is 15.2 Å². The fourth-order valence-electron chi connectivity index (χ4n) is 2.47. The van der Waals surface area contributed by atoms with Crippen LogP contribution in [0.3, 0.4) is 0 Å². The van der Waals surface area contributed by atoms with E-state index in [1.54, 1.807) is 12.1 Å². The molecule has 0 spiro atoms. The van der Waals surface area contributed by atoms with Gasteiger partial charge in [-0.15, -0.1) is 10.2 Å². The number of nitrogens with zero attached hydrogens (tertiary/aromatic N) is 2. The Bertz CT molecular complexity index is 1020. The molecule has 0 saturated heterocycles. The van der Waals surface area contributed by atoms with E-state index in [0.717, 1.165) is 16.8 Å². The molecule has 2 amide bonds. The quantitative estimate of drug-likeness (QED) is 0.433. The van der Waals surface area contributed by atoms with Crippen LogP contribution in [0.15, 0.2) is 46.8 Å². The Labute approximate surface area is 175 Å². The molecule has 3 rings (SSSR count). The SMILES string of the molecule is Cc1cccc(NC(=O)CSc2nnc(NC(=O)Cc3ccc(F)cc3)s2)c1C. The number of hydrogen-bond acceptors (Lipinski definition) is 6. The van der Waals surface area contributed by atoms with E-state index in [2.05, 4.69) is 20.8 Å². The molecule has 3 aromatic rings. The molecule has 2 N–H and O–H groups in total. The van der Waals surface area contributed by atoms with Gasteiger partial charge >= 0.3 is 0 Å². The van der Waals surface area contributed by atoms with Crippen LogP contribution in [-0.4, -0.2) is 27.8 Å². The second-order valence-electron chi connectivity index (χ2n) is 6.31. The third kappa shape index (κ3) is 6.10. The number of rotatable bonds is 7. The van der Waals surface area contributed by atoms with Gasteiger partial charge in [0.15, 0.2) is 4.34 Å². The maximum Gasteiger partial charge on any atom is 0.234 e. The van der Waals surface area contributed by atoms with E-state index in [0.29, 0.717) is 15.0 Å². The molecule has 1 aromatic heterocycles. The molecular weight excluding hydrogens is 411 g/mol. The zero-order valence-electron chi connectivity index (χ0n) is 15.9. The van der Waals surface area contributed by atoms with Crippen molar-refractivity contribution in [1.82, 2.24) is 10.2 Å². The molecular formula is C20H19FN4O2S2. The van der Waals surface area contributed by atoms with Gasteiger partial charge in [0.25, 0.3) is 0 Å². The van der Waals surface area contributed by atoms with Gasteiger partial charge in [-0.2, -0.15) is 0 Å². The second-order valence-corrected chi connectivity index (χ2v) is 8.51. The lowest BCUT2D eigenvalue weighted by atomic mass is 10.1. The number of halogens is 1. The number of benzene rings is 2. The fourth-order valence-corrected chi connectivity index (χ4v) is 4.04. The van der Waals surface area contributed by atoms with Gasteiger partial charge in [-0.25, -0.2) is 4.39 Å². The monoisotopic (exact) mass is 430 g/mol. The van der Waals surface area contributed by atoms with Crippen LogP contribution in [-0.2, 0) is 16.0 Å². The van der Waals surface area contributed by atoms with E-state index < -0.39 is 0 Å². The first-order chi connectivity index (χ1) is 13.9. The van der Waals surface area contributed by atoms with E-state index in [4.69, 9.17) is 0 Å². The second kappa shape index (κ2) is 9.62. The van der Waals surface area contributed by atoms with Crippen molar-refractivity contribution in [3.8, 4) is 0 Å². The minimum Gasteiger partial charge on any atom is -0.325 e. The van der Waals surface area contributed by atoms with Crippen LogP contribution in [0.25, 0.3) is 0 Å². The first-order valence-electron chi connectivity index (χ1n) is 8.77. The number of hydrogen-bond donors (Lipinski definition) is 2. The molecule has 0 atom stereocenters. The summed E-state index contributed by atoms with van der Waals surface area (Å²) in [5, 5.41) is 13.8. The van der Waals surface area contributed by atoms with Crippen molar-refractivity contribution in [2.45, 2.75) is 24.6 Å². The largest absolute Gasteiger partial charge is 0.325 e. The molecule has 0 bridgehead atoms. The topological polar surface area (TPSA) is 84.0 Å². The zero-order valence-corrected chi connectivity index (χ0v) is 17.5. The highest BCUT2D eigenvalue weighted by atomic mass is 32.2.